The maximum Gasteiger partial charge on any atom is 0.0624 e. The van der Waals surface area contributed by atoms with Crippen LogP contribution in [0.2, 0.25) is 0 Å². The Bertz CT molecular complexity index is 89.4. The summed E-state index contributed by atoms with van der Waals surface area (Å²) in [6.45, 7) is 6.00. The molecule has 0 aromatic carbocycles. The van der Waals surface area contributed by atoms with E-state index in [-0.39, 0.29) is 0 Å². The Balaban J connectivity index is 1.85. The first-order valence-corrected chi connectivity index (χ1v) is 4.17. The van der Waals surface area contributed by atoms with E-state index in [0.29, 0.717) is 0 Å². The molecule has 3 heteroatoms. The van der Waals surface area contributed by atoms with Gasteiger partial charge in [-0.15, -0.1) is 0 Å². The SMILES string of the molecule is C1CCN(N2CCNC2)C1. The van der Waals surface area contributed by atoms with Gasteiger partial charge >= 0.3 is 0 Å². The predicted molar refractivity (Wildman–Crippen MR) is 40.4 cm³/mol. The molecular formula is C7H15N3. The molecule has 0 saturated carbocycles. The Morgan fingerprint density at radius 1 is 0.900 bits per heavy atom. The maximum absolute atomic E-state index is 3.33. The fourth-order valence-corrected chi connectivity index (χ4v) is 1.72. The van der Waals surface area contributed by atoms with E-state index >= 15 is 0 Å². The number of rotatable bonds is 1. The van der Waals surface area contributed by atoms with E-state index in [1.807, 2.05) is 0 Å². The topological polar surface area (TPSA) is 18.5 Å². The third-order valence-electron chi connectivity index (χ3n) is 2.32. The molecule has 0 spiro atoms. The van der Waals surface area contributed by atoms with Gasteiger partial charge in [0, 0.05) is 26.2 Å². The smallest absolute Gasteiger partial charge is 0.0624 e. The van der Waals surface area contributed by atoms with E-state index < -0.39 is 0 Å². The monoisotopic (exact) mass is 141 g/mol. The van der Waals surface area contributed by atoms with Gasteiger partial charge in [0.25, 0.3) is 0 Å². The lowest BCUT2D eigenvalue weighted by Crippen LogP contribution is -2.39. The molecule has 2 fully saturated rings. The molecule has 0 unspecified atom stereocenters. The maximum atomic E-state index is 3.33. The van der Waals surface area contributed by atoms with Gasteiger partial charge in [0.05, 0.1) is 6.67 Å². The molecule has 0 amide bonds. The Morgan fingerprint density at radius 2 is 1.70 bits per heavy atom. The van der Waals surface area contributed by atoms with Crippen LogP contribution in [0, 0.1) is 0 Å². The zero-order valence-corrected chi connectivity index (χ0v) is 6.34. The largest absolute Gasteiger partial charge is 0.302 e. The minimum absolute atomic E-state index is 1.07. The normalized spacial score (nSPS) is 30.0. The lowest BCUT2D eigenvalue weighted by atomic mass is 10.4. The Labute approximate surface area is 62.0 Å². The van der Waals surface area contributed by atoms with Crippen molar-refractivity contribution in [3.05, 3.63) is 0 Å². The summed E-state index contributed by atoms with van der Waals surface area (Å²) in [5.74, 6) is 0. The van der Waals surface area contributed by atoms with Crippen LogP contribution < -0.4 is 5.32 Å². The van der Waals surface area contributed by atoms with E-state index in [0.717, 1.165) is 13.2 Å². The zero-order valence-electron chi connectivity index (χ0n) is 6.34. The second-order valence-corrected chi connectivity index (χ2v) is 3.05. The first kappa shape index (κ1) is 6.58. The van der Waals surface area contributed by atoms with Gasteiger partial charge in [-0.25, -0.2) is 10.0 Å². The van der Waals surface area contributed by atoms with E-state index in [1.165, 1.54) is 32.5 Å². The molecule has 0 aliphatic carbocycles. The molecule has 3 nitrogen and oxygen atoms in total. The molecule has 0 radical (unpaired) electrons. The number of hydrazine groups is 1. The summed E-state index contributed by atoms with van der Waals surface area (Å²) >= 11 is 0. The highest BCUT2D eigenvalue weighted by Crippen LogP contribution is 2.11. The van der Waals surface area contributed by atoms with Crippen molar-refractivity contribution in [2.24, 2.45) is 0 Å². The number of hydrogen-bond acceptors (Lipinski definition) is 3. The highest BCUT2D eigenvalue weighted by Gasteiger charge is 2.21. The summed E-state index contributed by atoms with van der Waals surface area (Å²) in [5.41, 5.74) is 0. The molecule has 2 heterocycles. The second-order valence-electron chi connectivity index (χ2n) is 3.05. The van der Waals surface area contributed by atoms with Crippen LogP contribution >= 0.6 is 0 Å². The van der Waals surface area contributed by atoms with Crippen LogP contribution in [0.1, 0.15) is 12.8 Å². The molecule has 58 valence electrons. The fourth-order valence-electron chi connectivity index (χ4n) is 1.72. The van der Waals surface area contributed by atoms with Crippen LogP contribution in [0.15, 0.2) is 0 Å². The van der Waals surface area contributed by atoms with Gasteiger partial charge in [0.2, 0.25) is 0 Å². The molecule has 0 atom stereocenters. The van der Waals surface area contributed by atoms with Crippen LogP contribution in [-0.4, -0.2) is 42.9 Å². The summed E-state index contributed by atoms with van der Waals surface area (Å²) in [7, 11) is 0. The first-order chi connectivity index (χ1) is 4.97. The van der Waals surface area contributed by atoms with Crippen LogP contribution in [-0.2, 0) is 0 Å². The number of hydrogen-bond donors (Lipinski definition) is 1. The van der Waals surface area contributed by atoms with Gasteiger partial charge in [0.15, 0.2) is 0 Å². The zero-order chi connectivity index (χ0) is 6.81. The average Bonchev–Trinajstić information content (AvgIpc) is 2.59. The number of nitrogens with zero attached hydrogens (tertiary/aromatic N) is 2. The van der Waals surface area contributed by atoms with Gasteiger partial charge < -0.3 is 5.32 Å². The van der Waals surface area contributed by atoms with Crippen LogP contribution in [0.25, 0.3) is 0 Å². The Kier molecular flexibility index (Phi) is 1.88. The van der Waals surface area contributed by atoms with Gasteiger partial charge in [-0.1, -0.05) is 0 Å². The Morgan fingerprint density at radius 3 is 2.30 bits per heavy atom. The summed E-state index contributed by atoms with van der Waals surface area (Å²) in [6, 6.07) is 0. The second kappa shape index (κ2) is 2.86. The van der Waals surface area contributed by atoms with Crippen molar-refractivity contribution >= 4 is 0 Å². The molecule has 0 aromatic rings. The highest BCUT2D eigenvalue weighted by molar-refractivity contribution is 4.69. The van der Waals surface area contributed by atoms with Crippen molar-refractivity contribution < 1.29 is 0 Å². The van der Waals surface area contributed by atoms with Crippen molar-refractivity contribution in [1.82, 2.24) is 15.3 Å². The average molecular weight is 141 g/mol. The predicted octanol–water partition coefficient (Wildman–Crippen LogP) is -0.140. The van der Waals surface area contributed by atoms with Crippen molar-refractivity contribution in [1.29, 1.82) is 0 Å². The van der Waals surface area contributed by atoms with Crippen molar-refractivity contribution in [3.63, 3.8) is 0 Å². The van der Waals surface area contributed by atoms with Crippen molar-refractivity contribution in [2.45, 2.75) is 12.8 Å². The van der Waals surface area contributed by atoms with Crippen molar-refractivity contribution in [3.8, 4) is 0 Å². The van der Waals surface area contributed by atoms with Gasteiger partial charge in [-0.2, -0.15) is 0 Å². The van der Waals surface area contributed by atoms with Crippen LogP contribution in [0.5, 0.6) is 0 Å². The molecule has 0 bridgehead atoms. The van der Waals surface area contributed by atoms with E-state index in [2.05, 4.69) is 15.3 Å². The summed E-state index contributed by atoms with van der Waals surface area (Å²) < 4.78 is 0. The molecule has 2 aliphatic rings. The minimum Gasteiger partial charge on any atom is -0.302 e. The van der Waals surface area contributed by atoms with Gasteiger partial charge in [0.1, 0.15) is 0 Å². The molecule has 0 aromatic heterocycles. The third kappa shape index (κ3) is 1.17. The van der Waals surface area contributed by atoms with E-state index in [9.17, 15) is 0 Å². The van der Waals surface area contributed by atoms with Crippen molar-refractivity contribution in [2.75, 3.05) is 32.8 Å². The van der Waals surface area contributed by atoms with Gasteiger partial charge in [-0.05, 0) is 12.8 Å². The highest BCUT2D eigenvalue weighted by atomic mass is 15.7. The summed E-state index contributed by atoms with van der Waals surface area (Å²) in [4.78, 5) is 0. The number of nitrogens with one attached hydrogen (secondary N) is 1. The van der Waals surface area contributed by atoms with Gasteiger partial charge in [-0.3, -0.25) is 0 Å². The van der Waals surface area contributed by atoms with E-state index in [4.69, 9.17) is 0 Å². The lowest BCUT2D eigenvalue weighted by Gasteiger charge is -2.25. The molecule has 2 rings (SSSR count). The minimum atomic E-state index is 1.07. The molecule has 1 N–H and O–H groups in total. The third-order valence-corrected chi connectivity index (χ3v) is 2.32. The lowest BCUT2D eigenvalue weighted by molar-refractivity contribution is 0.0208. The van der Waals surface area contributed by atoms with E-state index in [1.54, 1.807) is 0 Å². The first-order valence-electron chi connectivity index (χ1n) is 4.17. The molecule has 10 heavy (non-hydrogen) atoms. The summed E-state index contributed by atoms with van der Waals surface area (Å²) in [5, 5.41) is 8.23. The quantitative estimate of drug-likeness (QED) is 0.548. The molecular weight excluding hydrogens is 126 g/mol. The van der Waals surface area contributed by atoms with Crippen LogP contribution in [0.4, 0.5) is 0 Å². The van der Waals surface area contributed by atoms with Crippen LogP contribution in [0.3, 0.4) is 0 Å². The Hall–Kier alpha value is -0.120. The molecule has 2 saturated heterocycles. The fraction of sp³-hybridized carbons (Fsp3) is 1.00. The molecule has 2 aliphatic heterocycles. The standard InChI is InChI=1S/C7H15N3/c1-2-5-9(4-1)10-6-3-8-7-10/h8H,1-7H2. The summed E-state index contributed by atoms with van der Waals surface area (Å²) in [6.07, 6.45) is 2.77.